The number of hydrogen-bond acceptors (Lipinski definition) is 8. The number of H-pyrrole nitrogens is 1. The smallest absolute Gasteiger partial charge is 0.270 e. The molecule has 12 nitrogen and oxygen atoms in total. The number of aromatic amines is 1. The van der Waals surface area contributed by atoms with Gasteiger partial charge in [0.2, 0.25) is 5.82 Å². The minimum absolute atomic E-state index is 0.0429. The Morgan fingerprint density at radius 1 is 0.844 bits per heavy atom. The number of benzene rings is 3. The number of carbonyl (C=O) groups excluding carboxylic acids is 3. The summed E-state index contributed by atoms with van der Waals surface area (Å²) >= 11 is 0. The molecule has 0 saturated heterocycles. The molecule has 3 aromatic carbocycles. The summed E-state index contributed by atoms with van der Waals surface area (Å²) in [6.45, 7) is 3.75. The molecule has 2 heterocycles. The van der Waals surface area contributed by atoms with Crippen LogP contribution in [-0.4, -0.2) is 60.6 Å². The Morgan fingerprint density at radius 2 is 1.51 bits per heavy atom. The van der Waals surface area contributed by atoms with Crippen molar-refractivity contribution >= 4 is 23.4 Å². The van der Waals surface area contributed by atoms with Gasteiger partial charge in [-0.25, -0.2) is 4.98 Å². The van der Waals surface area contributed by atoms with Crippen LogP contribution in [0.15, 0.2) is 103 Å². The third-order valence-electron chi connectivity index (χ3n) is 7.13. The Morgan fingerprint density at radius 3 is 2.20 bits per heavy atom. The molecule has 2 aromatic heterocycles. The number of aliphatic hydroxyl groups is 1. The summed E-state index contributed by atoms with van der Waals surface area (Å²) in [5, 5.41) is 33.4. The molecule has 5 N–H and O–H groups in total. The van der Waals surface area contributed by atoms with Gasteiger partial charge in [0.05, 0.1) is 11.6 Å². The monoisotopic (exact) mass is 604 g/mol. The molecule has 2 atom stereocenters. The van der Waals surface area contributed by atoms with Crippen LogP contribution in [0, 0.1) is 0 Å². The third kappa shape index (κ3) is 7.80. The summed E-state index contributed by atoms with van der Waals surface area (Å²) in [6, 6.07) is 28.9. The molecule has 1 unspecified atom stereocenters. The molecule has 0 radical (unpaired) electrons. The lowest BCUT2D eigenvalue weighted by Crippen LogP contribution is -2.50. The predicted octanol–water partition coefficient (Wildman–Crippen LogP) is 3.27. The normalized spacial score (nSPS) is 12.5. The van der Waals surface area contributed by atoms with Crippen LogP contribution in [0.25, 0.3) is 11.4 Å². The molecule has 0 aliphatic rings. The first-order valence-corrected chi connectivity index (χ1v) is 14.2. The average Bonchev–Trinajstić information content (AvgIpc) is 3.60. The van der Waals surface area contributed by atoms with E-state index in [4.69, 9.17) is 0 Å². The van der Waals surface area contributed by atoms with Crippen molar-refractivity contribution in [3.63, 3.8) is 0 Å². The molecule has 0 saturated carbocycles. The molecule has 0 aliphatic carbocycles. The second kappa shape index (κ2) is 13.7. The van der Waals surface area contributed by atoms with Crippen LogP contribution in [0.3, 0.4) is 0 Å². The minimum atomic E-state index is -1.64. The van der Waals surface area contributed by atoms with Crippen LogP contribution >= 0.6 is 0 Å². The van der Waals surface area contributed by atoms with E-state index in [1.165, 1.54) is 12.1 Å². The lowest BCUT2D eigenvalue weighted by atomic mass is 9.94. The number of aromatic nitrogens is 5. The number of carbonyl (C=O) groups is 3. The van der Waals surface area contributed by atoms with E-state index in [0.29, 0.717) is 17.1 Å². The predicted molar refractivity (Wildman–Crippen MR) is 167 cm³/mol. The van der Waals surface area contributed by atoms with E-state index in [1.807, 2.05) is 74.5 Å². The molecule has 3 amide bonds. The Balaban J connectivity index is 1.31. The standard InChI is InChI=1S/C33H32N8O4/c1-33(2,23-14-7-4-8-15-23)37-31(44)26-18-10-17-25(35-26)30(43)36-27(19-21-11-5-3-6-12-21)28(42)32(45)34-24-16-9-13-22(20-24)29-38-40-41-39-29/h3-18,20,27-28,42H,19H2,1-2H3,(H,34,45)(H,36,43)(H,37,44)(H,38,39,40,41)/t27?,28-/m0/s1. The van der Waals surface area contributed by atoms with Crippen molar-refractivity contribution in [2.45, 2.75) is 38.0 Å². The first kappa shape index (κ1) is 30.7. The number of pyridine rings is 1. The molecule has 45 heavy (non-hydrogen) atoms. The highest BCUT2D eigenvalue weighted by molar-refractivity contribution is 5.98. The molecular weight excluding hydrogens is 572 g/mol. The van der Waals surface area contributed by atoms with Crippen molar-refractivity contribution in [1.82, 2.24) is 36.2 Å². The number of anilines is 1. The number of nitrogens with one attached hydrogen (secondary N) is 4. The average molecular weight is 605 g/mol. The summed E-state index contributed by atoms with van der Waals surface area (Å²) < 4.78 is 0. The van der Waals surface area contributed by atoms with Gasteiger partial charge in [-0.15, -0.1) is 10.2 Å². The van der Waals surface area contributed by atoms with E-state index in [1.54, 1.807) is 30.3 Å². The van der Waals surface area contributed by atoms with Crippen molar-refractivity contribution in [2.75, 3.05) is 5.32 Å². The van der Waals surface area contributed by atoms with Crippen LogP contribution < -0.4 is 16.0 Å². The highest BCUT2D eigenvalue weighted by Crippen LogP contribution is 2.21. The van der Waals surface area contributed by atoms with Gasteiger partial charge in [0.25, 0.3) is 17.7 Å². The minimum Gasteiger partial charge on any atom is -0.381 e. The van der Waals surface area contributed by atoms with Gasteiger partial charge in [-0.05, 0) is 60.9 Å². The van der Waals surface area contributed by atoms with Crippen LogP contribution in [0.2, 0.25) is 0 Å². The van der Waals surface area contributed by atoms with Crippen molar-refractivity contribution in [2.24, 2.45) is 0 Å². The van der Waals surface area contributed by atoms with Gasteiger partial charge in [0.1, 0.15) is 11.4 Å². The number of amides is 3. The molecular formula is C33H32N8O4. The Hall–Kier alpha value is -5.75. The highest BCUT2D eigenvalue weighted by atomic mass is 16.3. The molecule has 0 fully saturated rings. The van der Waals surface area contributed by atoms with Gasteiger partial charge in [-0.1, -0.05) is 78.9 Å². The Bertz CT molecular complexity index is 1760. The summed E-state index contributed by atoms with van der Waals surface area (Å²) in [7, 11) is 0. The van der Waals surface area contributed by atoms with Crippen LogP contribution in [-0.2, 0) is 16.8 Å². The molecule has 0 spiro atoms. The zero-order chi connectivity index (χ0) is 31.8. The maximum atomic E-state index is 13.4. The highest BCUT2D eigenvalue weighted by Gasteiger charge is 2.30. The molecule has 12 heteroatoms. The maximum absolute atomic E-state index is 13.4. The topological polar surface area (TPSA) is 175 Å². The fraction of sp³-hybridized carbons (Fsp3) is 0.182. The zero-order valence-corrected chi connectivity index (χ0v) is 24.6. The number of hydrogen-bond donors (Lipinski definition) is 5. The van der Waals surface area contributed by atoms with E-state index < -0.39 is 35.4 Å². The van der Waals surface area contributed by atoms with Crippen LogP contribution in [0.4, 0.5) is 5.69 Å². The van der Waals surface area contributed by atoms with Crippen molar-refractivity contribution in [3.05, 3.63) is 126 Å². The summed E-state index contributed by atoms with van der Waals surface area (Å²) in [5.41, 5.74) is 2.01. The first-order valence-electron chi connectivity index (χ1n) is 14.2. The van der Waals surface area contributed by atoms with E-state index in [0.717, 1.165) is 11.1 Å². The van der Waals surface area contributed by atoms with Gasteiger partial charge in [0.15, 0.2) is 6.10 Å². The van der Waals surface area contributed by atoms with E-state index in [-0.39, 0.29) is 17.8 Å². The number of aliphatic hydroxyl groups excluding tert-OH is 1. The van der Waals surface area contributed by atoms with E-state index in [2.05, 4.69) is 41.6 Å². The van der Waals surface area contributed by atoms with Crippen LogP contribution in [0.1, 0.15) is 46.0 Å². The van der Waals surface area contributed by atoms with Crippen molar-refractivity contribution in [1.29, 1.82) is 0 Å². The van der Waals surface area contributed by atoms with Gasteiger partial charge in [0, 0.05) is 11.3 Å². The van der Waals surface area contributed by atoms with Gasteiger partial charge < -0.3 is 21.1 Å². The fourth-order valence-corrected chi connectivity index (χ4v) is 4.73. The van der Waals surface area contributed by atoms with Crippen molar-refractivity contribution in [3.8, 4) is 11.4 Å². The summed E-state index contributed by atoms with van der Waals surface area (Å²) in [6.07, 6.45) is -1.49. The van der Waals surface area contributed by atoms with Crippen molar-refractivity contribution < 1.29 is 19.5 Å². The quantitative estimate of drug-likeness (QED) is 0.153. The molecule has 228 valence electrons. The van der Waals surface area contributed by atoms with Crippen LogP contribution in [0.5, 0.6) is 0 Å². The molecule has 5 rings (SSSR count). The third-order valence-corrected chi connectivity index (χ3v) is 7.13. The fourth-order valence-electron chi connectivity index (χ4n) is 4.73. The van der Waals surface area contributed by atoms with Gasteiger partial charge in [-0.3, -0.25) is 14.4 Å². The maximum Gasteiger partial charge on any atom is 0.270 e. The number of nitrogens with zero attached hydrogens (tertiary/aromatic N) is 4. The van der Waals surface area contributed by atoms with E-state index >= 15 is 0 Å². The Labute approximate surface area is 259 Å². The summed E-state index contributed by atoms with van der Waals surface area (Å²) in [4.78, 5) is 44.1. The lowest BCUT2D eigenvalue weighted by molar-refractivity contribution is -0.125. The molecule has 0 aliphatic heterocycles. The van der Waals surface area contributed by atoms with Gasteiger partial charge >= 0.3 is 0 Å². The lowest BCUT2D eigenvalue weighted by Gasteiger charge is -2.27. The van der Waals surface area contributed by atoms with Gasteiger partial charge in [-0.2, -0.15) is 5.21 Å². The summed E-state index contributed by atoms with van der Waals surface area (Å²) in [5.74, 6) is -1.50. The second-order valence-corrected chi connectivity index (χ2v) is 10.9. The zero-order valence-electron chi connectivity index (χ0n) is 24.6. The van der Waals surface area contributed by atoms with E-state index in [9.17, 15) is 19.5 Å². The SMILES string of the molecule is CC(C)(NC(=O)c1cccc(C(=O)NC(Cc2ccccc2)[C@H](O)C(=O)Nc2cccc(-c3nn[nH]n3)c2)n1)c1ccccc1. The Kier molecular flexibility index (Phi) is 9.34. The molecule has 5 aromatic rings. The number of tetrazole rings is 1. The number of rotatable bonds is 11. The first-order chi connectivity index (χ1) is 21.7. The molecule has 0 bridgehead atoms. The largest absolute Gasteiger partial charge is 0.381 e. The second-order valence-electron chi connectivity index (χ2n) is 10.9.